The van der Waals surface area contributed by atoms with Crippen LogP contribution in [0.5, 0.6) is 0 Å². The number of hydrogen-bond acceptors (Lipinski definition) is 6. The third-order valence-electron chi connectivity index (χ3n) is 4.50. The van der Waals surface area contributed by atoms with Crippen molar-refractivity contribution in [2.75, 3.05) is 18.0 Å². The monoisotopic (exact) mass is 337 g/mol. The second-order valence-electron chi connectivity index (χ2n) is 6.11. The summed E-state index contributed by atoms with van der Waals surface area (Å²) < 4.78 is 1.92. The van der Waals surface area contributed by atoms with Gasteiger partial charge in [0.15, 0.2) is 11.5 Å². The number of amides is 1. The van der Waals surface area contributed by atoms with Crippen LogP contribution in [0.15, 0.2) is 30.6 Å². The highest BCUT2D eigenvalue weighted by molar-refractivity contribution is 5.92. The molecule has 4 rings (SSSR count). The molecule has 0 unspecified atom stereocenters. The van der Waals surface area contributed by atoms with Crippen LogP contribution in [0, 0.1) is 0 Å². The number of carbonyl (C=O) groups excluding carboxylic acids is 1. The Hall–Kier alpha value is -3.03. The van der Waals surface area contributed by atoms with Gasteiger partial charge in [-0.2, -0.15) is 0 Å². The van der Waals surface area contributed by atoms with E-state index in [9.17, 15) is 4.79 Å². The molecule has 8 nitrogen and oxygen atoms in total. The van der Waals surface area contributed by atoms with Gasteiger partial charge in [0, 0.05) is 26.3 Å². The van der Waals surface area contributed by atoms with Crippen LogP contribution in [0.4, 0.5) is 5.82 Å². The van der Waals surface area contributed by atoms with Gasteiger partial charge in [-0.1, -0.05) is 0 Å². The van der Waals surface area contributed by atoms with Gasteiger partial charge in [-0.3, -0.25) is 9.78 Å². The number of rotatable bonds is 4. The highest BCUT2D eigenvalue weighted by atomic mass is 16.1. The fraction of sp³-hybridized carbons (Fsp3) is 0.353. The van der Waals surface area contributed by atoms with Gasteiger partial charge >= 0.3 is 0 Å². The minimum absolute atomic E-state index is 0.259. The molecule has 3 aromatic heterocycles. The summed E-state index contributed by atoms with van der Waals surface area (Å²) in [5.74, 6) is 1.33. The first-order valence-corrected chi connectivity index (χ1v) is 8.34. The standard InChI is InChI=1S/C17H19N7O/c1-23-14-10-18-7-6-12(14)20-16(23)11-19-17(25)13-4-5-15(22-21-13)24-8-2-3-9-24/h4-7,10H,2-3,8-9,11H2,1H3,(H,19,25). The van der Waals surface area contributed by atoms with Crippen molar-refractivity contribution >= 4 is 22.8 Å². The van der Waals surface area contributed by atoms with Crippen molar-refractivity contribution in [3.05, 3.63) is 42.1 Å². The Morgan fingerprint density at radius 2 is 2.04 bits per heavy atom. The topological polar surface area (TPSA) is 88.8 Å². The fourth-order valence-electron chi connectivity index (χ4n) is 3.05. The van der Waals surface area contributed by atoms with Crippen LogP contribution in [0.1, 0.15) is 29.2 Å². The molecule has 1 fully saturated rings. The first kappa shape index (κ1) is 15.5. The van der Waals surface area contributed by atoms with Crippen molar-refractivity contribution < 1.29 is 4.79 Å². The lowest BCUT2D eigenvalue weighted by Gasteiger charge is -2.15. The third kappa shape index (κ3) is 3.02. The number of anilines is 1. The van der Waals surface area contributed by atoms with E-state index in [2.05, 4.69) is 30.4 Å². The van der Waals surface area contributed by atoms with Gasteiger partial charge in [-0.15, -0.1) is 10.2 Å². The van der Waals surface area contributed by atoms with E-state index in [1.807, 2.05) is 23.7 Å². The number of aryl methyl sites for hydroxylation is 1. The van der Waals surface area contributed by atoms with Crippen LogP contribution >= 0.6 is 0 Å². The largest absolute Gasteiger partial charge is 0.355 e. The molecule has 1 amide bonds. The normalized spacial score (nSPS) is 14.2. The Balaban J connectivity index is 1.43. The average molecular weight is 337 g/mol. The quantitative estimate of drug-likeness (QED) is 0.772. The summed E-state index contributed by atoms with van der Waals surface area (Å²) in [6.07, 6.45) is 5.82. The lowest BCUT2D eigenvalue weighted by Crippen LogP contribution is -2.26. The Morgan fingerprint density at radius 1 is 1.20 bits per heavy atom. The minimum Gasteiger partial charge on any atom is -0.355 e. The Kier molecular flexibility index (Phi) is 4.01. The van der Waals surface area contributed by atoms with Crippen molar-refractivity contribution in [2.45, 2.75) is 19.4 Å². The van der Waals surface area contributed by atoms with Crippen molar-refractivity contribution in [1.82, 2.24) is 30.0 Å². The van der Waals surface area contributed by atoms with Crippen molar-refractivity contribution in [3.8, 4) is 0 Å². The number of pyridine rings is 1. The van der Waals surface area contributed by atoms with Gasteiger partial charge in [-0.25, -0.2) is 4.98 Å². The molecule has 1 saturated heterocycles. The van der Waals surface area contributed by atoms with E-state index in [-0.39, 0.29) is 5.91 Å². The predicted molar refractivity (Wildman–Crippen MR) is 93.2 cm³/mol. The van der Waals surface area contributed by atoms with E-state index in [4.69, 9.17) is 0 Å². The van der Waals surface area contributed by atoms with E-state index < -0.39 is 0 Å². The molecule has 3 aromatic rings. The number of fused-ring (bicyclic) bond motifs is 1. The van der Waals surface area contributed by atoms with Crippen LogP contribution in [-0.2, 0) is 13.6 Å². The second kappa shape index (κ2) is 6.46. The zero-order valence-corrected chi connectivity index (χ0v) is 14.0. The molecule has 0 spiro atoms. The lowest BCUT2D eigenvalue weighted by molar-refractivity contribution is 0.0943. The minimum atomic E-state index is -0.259. The lowest BCUT2D eigenvalue weighted by atomic mass is 10.3. The van der Waals surface area contributed by atoms with E-state index in [1.165, 1.54) is 12.8 Å². The van der Waals surface area contributed by atoms with Gasteiger partial charge in [0.1, 0.15) is 5.82 Å². The maximum absolute atomic E-state index is 12.3. The zero-order chi connectivity index (χ0) is 17.2. The summed E-state index contributed by atoms with van der Waals surface area (Å²) in [6.45, 7) is 2.32. The number of nitrogens with zero attached hydrogens (tertiary/aromatic N) is 6. The van der Waals surface area contributed by atoms with Crippen molar-refractivity contribution in [3.63, 3.8) is 0 Å². The highest BCUT2D eigenvalue weighted by Gasteiger charge is 2.16. The Labute approximate surface area is 144 Å². The molecule has 0 aliphatic carbocycles. The van der Waals surface area contributed by atoms with Gasteiger partial charge in [-0.05, 0) is 31.0 Å². The summed E-state index contributed by atoms with van der Waals surface area (Å²) in [4.78, 5) is 23.1. The first-order valence-electron chi connectivity index (χ1n) is 8.34. The molecule has 4 heterocycles. The maximum atomic E-state index is 12.3. The number of hydrogen-bond donors (Lipinski definition) is 1. The predicted octanol–water partition coefficient (Wildman–Crippen LogP) is 1.29. The summed E-state index contributed by atoms with van der Waals surface area (Å²) in [7, 11) is 1.91. The summed E-state index contributed by atoms with van der Waals surface area (Å²) in [5.41, 5.74) is 2.10. The molecule has 0 saturated carbocycles. The summed E-state index contributed by atoms with van der Waals surface area (Å²) in [6, 6.07) is 5.42. The molecule has 0 aromatic carbocycles. The van der Waals surface area contributed by atoms with E-state index in [0.717, 1.165) is 35.8 Å². The molecule has 1 aliphatic heterocycles. The molecule has 128 valence electrons. The number of aromatic nitrogens is 5. The van der Waals surface area contributed by atoms with E-state index >= 15 is 0 Å². The van der Waals surface area contributed by atoms with Crippen molar-refractivity contribution in [2.24, 2.45) is 7.05 Å². The molecular weight excluding hydrogens is 318 g/mol. The zero-order valence-electron chi connectivity index (χ0n) is 14.0. The van der Waals surface area contributed by atoms with E-state index in [0.29, 0.717) is 12.2 Å². The van der Waals surface area contributed by atoms with E-state index in [1.54, 1.807) is 18.5 Å². The molecule has 0 atom stereocenters. The Morgan fingerprint density at radius 3 is 2.76 bits per heavy atom. The summed E-state index contributed by atoms with van der Waals surface area (Å²) >= 11 is 0. The van der Waals surface area contributed by atoms with Crippen LogP contribution in [0.25, 0.3) is 11.0 Å². The second-order valence-corrected chi connectivity index (χ2v) is 6.11. The molecule has 25 heavy (non-hydrogen) atoms. The van der Waals surface area contributed by atoms with Gasteiger partial charge in [0.25, 0.3) is 5.91 Å². The van der Waals surface area contributed by atoms with Crippen LogP contribution in [-0.4, -0.2) is 43.7 Å². The van der Waals surface area contributed by atoms with Gasteiger partial charge in [0.05, 0.1) is 23.8 Å². The van der Waals surface area contributed by atoms with Gasteiger partial charge < -0.3 is 14.8 Å². The van der Waals surface area contributed by atoms with Crippen LogP contribution in [0.3, 0.4) is 0 Å². The first-order chi connectivity index (χ1) is 12.2. The van der Waals surface area contributed by atoms with Crippen molar-refractivity contribution in [1.29, 1.82) is 0 Å². The smallest absolute Gasteiger partial charge is 0.272 e. The molecule has 8 heteroatoms. The molecule has 1 N–H and O–H groups in total. The molecular formula is C17H19N7O. The maximum Gasteiger partial charge on any atom is 0.272 e. The number of nitrogens with one attached hydrogen (secondary N) is 1. The van der Waals surface area contributed by atoms with Gasteiger partial charge in [0.2, 0.25) is 0 Å². The summed E-state index contributed by atoms with van der Waals surface area (Å²) in [5, 5.41) is 11.1. The SMILES string of the molecule is Cn1c(CNC(=O)c2ccc(N3CCCC3)nn2)nc2ccncc21. The van der Waals surface area contributed by atoms with Crippen LogP contribution < -0.4 is 10.2 Å². The fourth-order valence-corrected chi connectivity index (χ4v) is 3.05. The van der Waals surface area contributed by atoms with Crippen LogP contribution in [0.2, 0.25) is 0 Å². The number of carbonyl (C=O) groups is 1. The number of imidazole rings is 1. The molecule has 0 bridgehead atoms. The Bertz CT molecular complexity index is 897. The third-order valence-corrected chi connectivity index (χ3v) is 4.50. The molecule has 0 radical (unpaired) electrons. The average Bonchev–Trinajstić information content (AvgIpc) is 3.29. The highest BCUT2D eigenvalue weighted by Crippen LogP contribution is 2.16. The molecule has 1 aliphatic rings.